The molecule has 1 atom stereocenters. The Morgan fingerprint density at radius 1 is 1.27 bits per heavy atom. The van der Waals surface area contributed by atoms with Crippen LogP contribution in [0.5, 0.6) is 0 Å². The first-order valence-corrected chi connectivity index (χ1v) is 11.9. The Hall–Kier alpha value is -4.35. The molecule has 11 heteroatoms. The van der Waals surface area contributed by atoms with Crippen molar-refractivity contribution >= 4 is 28.3 Å². The summed E-state index contributed by atoms with van der Waals surface area (Å²) in [4.78, 5) is 29.0. The number of hydroxylamine groups is 1. The first-order chi connectivity index (χ1) is 18.0. The lowest BCUT2D eigenvalue weighted by Crippen LogP contribution is -2.28. The smallest absolute Gasteiger partial charge is 0.341 e. The summed E-state index contributed by atoms with van der Waals surface area (Å²) >= 11 is 0. The van der Waals surface area contributed by atoms with Crippen molar-refractivity contribution < 1.29 is 19.1 Å². The van der Waals surface area contributed by atoms with Crippen LogP contribution >= 0.6 is 0 Å². The predicted molar refractivity (Wildman–Crippen MR) is 135 cm³/mol. The molecule has 6 rings (SSSR count). The summed E-state index contributed by atoms with van der Waals surface area (Å²) in [7, 11) is 1.74. The number of rotatable bonds is 7. The lowest BCUT2D eigenvalue weighted by molar-refractivity contribution is 0.0445. The molecule has 0 radical (unpaired) electrons. The Morgan fingerprint density at radius 2 is 2.16 bits per heavy atom. The quantitative estimate of drug-likeness (QED) is 0.248. The Morgan fingerprint density at radius 3 is 2.97 bits per heavy atom. The summed E-state index contributed by atoms with van der Waals surface area (Å²) in [6, 6.07) is 9.43. The van der Waals surface area contributed by atoms with E-state index in [1.807, 2.05) is 0 Å². The summed E-state index contributed by atoms with van der Waals surface area (Å²) in [5.41, 5.74) is 8.32. The van der Waals surface area contributed by atoms with E-state index in [0.29, 0.717) is 23.7 Å². The van der Waals surface area contributed by atoms with Crippen LogP contribution in [-0.2, 0) is 24.3 Å². The molecule has 0 fully saturated rings. The number of pyridine rings is 1. The number of nitrogens with one attached hydrogen (secondary N) is 3. The summed E-state index contributed by atoms with van der Waals surface area (Å²) < 4.78 is 15.4. The number of aromatic carboxylic acids is 1. The Labute approximate surface area is 210 Å². The van der Waals surface area contributed by atoms with Gasteiger partial charge in [-0.3, -0.25) is 9.82 Å². The topological polar surface area (TPSA) is 129 Å². The maximum Gasteiger partial charge on any atom is 0.341 e. The number of benzene rings is 1. The minimum Gasteiger partial charge on any atom is -0.477 e. The number of nitrogens with zero attached hydrogens (tertiary/aromatic N) is 4. The molecule has 4 N–H and O–H groups in total. The highest BCUT2D eigenvalue weighted by molar-refractivity contribution is 5.95. The molecule has 1 aromatic carbocycles. The molecule has 0 aliphatic heterocycles. The molecule has 0 bridgehead atoms. The van der Waals surface area contributed by atoms with Gasteiger partial charge in [0.1, 0.15) is 17.2 Å². The van der Waals surface area contributed by atoms with E-state index in [4.69, 9.17) is 4.84 Å². The first kappa shape index (κ1) is 23.1. The van der Waals surface area contributed by atoms with Gasteiger partial charge in [0.05, 0.1) is 24.7 Å². The average Bonchev–Trinajstić information content (AvgIpc) is 3.48. The standard InChI is InChI=1S/C26H24FN7O3/c1-28-37-13-14-2-4-18-19-8-17(3-5-21(19)32-23(18)6-14)31-24-9-22(15-7-16(27)11-29-10-15)33-25-20(26(35)36)12-30-34(24)25/h2,4,6-7,9-12,17,28,31-32H,3,5,8,13H2,1H3,(H,35,36)/t17-/m1/s1. The SMILES string of the molecule is CNOCc1ccc2c3c([nH]c2c1)CC[C@@H](Nc1cc(-c2cncc(F)c2)nc2c(C(=O)O)cnn12)C3. The number of H-pyrrole nitrogens is 1. The molecule has 10 nitrogen and oxygen atoms in total. The van der Waals surface area contributed by atoms with Crippen molar-refractivity contribution in [2.75, 3.05) is 12.4 Å². The molecule has 188 valence electrons. The van der Waals surface area contributed by atoms with E-state index in [0.717, 1.165) is 36.5 Å². The van der Waals surface area contributed by atoms with Gasteiger partial charge in [-0.05, 0) is 42.5 Å². The van der Waals surface area contributed by atoms with Crippen molar-refractivity contribution in [1.82, 2.24) is 30.0 Å². The monoisotopic (exact) mass is 501 g/mol. The normalized spacial score (nSPS) is 15.2. The average molecular weight is 502 g/mol. The maximum atomic E-state index is 13.9. The van der Waals surface area contributed by atoms with Crippen LogP contribution in [0.15, 0.2) is 48.9 Å². The third-order valence-corrected chi connectivity index (χ3v) is 6.69. The van der Waals surface area contributed by atoms with Crippen LogP contribution in [0.4, 0.5) is 10.2 Å². The lowest BCUT2D eigenvalue weighted by Gasteiger charge is -2.25. The second-order valence-electron chi connectivity index (χ2n) is 9.06. The van der Waals surface area contributed by atoms with Gasteiger partial charge in [0.15, 0.2) is 5.65 Å². The van der Waals surface area contributed by atoms with Gasteiger partial charge in [0.2, 0.25) is 0 Å². The van der Waals surface area contributed by atoms with Crippen LogP contribution < -0.4 is 10.8 Å². The molecule has 0 unspecified atom stereocenters. The van der Waals surface area contributed by atoms with E-state index < -0.39 is 11.8 Å². The zero-order valence-corrected chi connectivity index (χ0v) is 20.0. The molecular weight excluding hydrogens is 477 g/mol. The van der Waals surface area contributed by atoms with Crippen LogP contribution in [0.25, 0.3) is 27.8 Å². The number of carbonyl (C=O) groups is 1. The number of aromatic amines is 1. The van der Waals surface area contributed by atoms with E-state index in [2.05, 4.69) is 49.0 Å². The van der Waals surface area contributed by atoms with Gasteiger partial charge in [-0.2, -0.15) is 9.61 Å². The molecule has 5 aromatic rings. The highest BCUT2D eigenvalue weighted by atomic mass is 19.1. The highest BCUT2D eigenvalue weighted by Gasteiger charge is 2.25. The van der Waals surface area contributed by atoms with Gasteiger partial charge in [-0.25, -0.2) is 19.6 Å². The van der Waals surface area contributed by atoms with E-state index in [9.17, 15) is 14.3 Å². The molecule has 4 heterocycles. The van der Waals surface area contributed by atoms with Crippen molar-refractivity contribution in [2.45, 2.75) is 31.9 Å². The number of fused-ring (bicyclic) bond motifs is 4. The second kappa shape index (κ2) is 9.26. The van der Waals surface area contributed by atoms with E-state index in [1.54, 1.807) is 13.1 Å². The Balaban J connectivity index is 1.35. The number of hydrogen-bond donors (Lipinski definition) is 4. The Bertz CT molecular complexity index is 1640. The minimum absolute atomic E-state index is 0.0325. The summed E-state index contributed by atoms with van der Waals surface area (Å²) in [5.74, 6) is -1.06. The fourth-order valence-corrected chi connectivity index (χ4v) is 4.97. The number of hydrogen-bond acceptors (Lipinski definition) is 7. The molecule has 0 saturated heterocycles. The van der Waals surface area contributed by atoms with Crippen LogP contribution in [0, 0.1) is 5.82 Å². The predicted octanol–water partition coefficient (Wildman–Crippen LogP) is 3.73. The summed E-state index contributed by atoms with van der Waals surface area (Å²) in [6.07, 6.45) is 6.38. The zero-order chi connectivity index (χ0) is 25.5. The van der Waals surface area contributed by atoms with Crippen molar-refractivity contribution in [3.63, 3.8) is 0 Å². The first-order valence-electron chi connectivity index (χ1n) is 11.9. The number of halogens is 1. The lowest BCUT2D eigenvalue weighted by atomic mass is 9.91. The van der Waals surface area contributed by atoms with Gasteiger partial charge in [-0.1, -0.05) is 12.1 Å². The molecule has 1 aliphatic rings. The van der Waals surface area contributed by atoms with E-state index in [-0.39, 0.29) is 17.3 Å². The summed E-state index contributed by atoms with van der Waals surface area (Å²) in [5, 5.41) is 18.6. The molecular formula is C26H24FN7O3. The Kier molecular flexibility index (Phi) is 5.78. The number of aryl methyl sites for hydroxylation is 1. The van der Waals surface area contributed by atoms with Crippen molar-refractivity contribution in [2.24, 2.45) is 0 Å². The van der Waals surface area contributed by atoms with Gasteiger partial charge in [-0.15, -0.1) is 0 Å². The molecule has 37 heavy (non-hydrogen) atoms. The van der Waals surface area contributed by atoms with Gasteiger partial charge >= 0.3 is 5.97 Å². The van der Waals surface area contributed by atoms with Gasteiger partial charge < -0.3 is 15.4 Å². The number of carboxylic acid groups (broad SMARTS) is 1. The highest BCUT2D eigenvalue weighted by Crippen LogP contribution is 2.32. The van der Waals surface area contributed by atoms with Crippen LogP contribution in [0.3, 0.4) is 0 Å². The van der Waals surface area contributed by atoms with Gasteiger partial charge in [0.25, 0.3) is 0 Å². The molecule has 0 amide bonds. The number of aromatic nitrogens is 5. The fraction of sp³-hybridized carbons (Fsp3) is 0.231. The summed E-state index contributed by atoms with van der Waals surface area (Å²) in [6.45, 7) is 0.476. The van der Waals surface area contributed by atoms with Crippen molar-refractivity contribution in [3.8, 4) is 11.3 Å². The zero-order valence-electron chi connectivity index (χ0n) is 20.0. The van der Waals surface area contributed by atoms with Crippen LogP contribution in [0.1, 0.15) is 33.6 Å². The van der Waals surface area contributed by atoms with Crippen LogP contribution in [0.2, 0.25) is 0 Å². The third-order valence-electron chi connectivity index (χ3n) is 6.69. The molecule has 1 aliphatic carbocycles. The molecule has 4 aromatic heterocycles. The van der Waals surface area contributed by atoms with Crippen molar-refractivity contribution in [1.29, 1.82) is 0 Å². The van der Waals surface area contributed by atoms with Crippen LogP contribution in [-0.4, -0.2) is 48.7 Å². The number of anilines is 1. The second-order valence-corrected chi connectivity index (χ2v) is 9.06. The van der Waals surface area contributed by atoms with E-state index >= 15 is 0 Å². The van der Waals surface area contributed by atoms with Gasteiger partial charge in [0, 0.05) is 47.5 Å². The maximum absolute atomic E-state index is 13.9. The fourth-order valence-electron chi connectivity index (χ4n) is 4.97. The largest absolute Gasteiger partial charge is 0.477 e. The minimum atomic E-state index is -1.14. The molecule has 0 saturated carbocycles. The third kappa shape index (κ3) is 4.28. The van der Waals surface area contributed by atoms with Crippen molar-refractivity contribution in [3.05, 3.63) is 77.1 Å². The molecule has 0 spiro atoms. The van der Waals surface area contributed by atoms with E-state index in [1.165, 1.54) is 39.6 Å². The number of carboxylic acids is 1.